The van der Waals surface area contributed by atoms with Crippen molar-refractivity contribution in [1.82, 2.24) is 4.90 Å². The summed E-state index contributed by atoms with van der Waals surface area (Å²) in [4.78, 5) is 25.2. The third-order valence-electron chi connectivity index (χ3n) is 10.6. The van der Waals surface area contributed by atoms with Gasteiger partial charge in [-0.25, -0.2) is 9.59 Å². The van der Waals surface area contributed by atoms with Crippen LogP contribution in [0, 0.1) is 0 Å². The lowest BCUT2D eigenvalue weighted by atomic mass is 10.3. The molecule has 0 atom stereocenters. The zero-order valence-corrected chi connectivity index (χ0v) is 53.9. The van der Waals surface area contributed by atoms with Crippen LogP contribution in [0.15, 0.2) is 24.3 Å². The van der Waals surface area contributed by atoms with Gasteiger partial charge in [0.1, 0.15) is 19.8 Å². The summed E-state index contributed by atoms with van der Waals surface area (Å²) in [7, 11) is -6.36. The quantitative estimate of drug-likeness (QED) is 0.0215. The van der Waals surface area contributed by atoms with Crippen molar-refractivity contribution in [2.75, 3.05) is 60.5 Å². The average Bonchev–Trinajstić information content (AvgIpc) is 3.04. The van der Waals surface area contributed by atoms with Gasteiger partial charge < -0.3 is 35.3 Å². The van der Waals surface area contributed by atoms with Crippen molar-refractivity contribution in [3.63, 3.8) is 0 Å². The molecule has 0 aliphatic rings. The summed E-state index contributed by atoms with van der Waals surface area (Å²) < 4.78 is 38.1. The predicted molar refractivity (Wildman–Crippen MR) is 294 cm³/mol. The normalized spacial score (nSPS) is 13.7. The molecule has 18 heteroatoms. The second-order valence-corrected chi connectivity index (χ2v) is 60.5. The summed E-state index contributed by atoms with van der Waals surface area (Å²) >= 11 is 0. The summed E-state index contributed by atoms with van der Waals surface area (Å²) in [6, 6.07) is 7.25. The summed E-state index contributed by atoms with van der Waals surface area (Å²) in [5, 5.41) is 0. The van der Waals surface area contributed by atoms with Crippen LogP contribution >= 0.6 is 0 Å². The molecule has 0 radical (unpaired) electrons. The molecule has 0 bridgehead atoms. The third-order valence-corrected chi connectivity index (χ3v) is 38.7. The first-order chi connectivity index (χ1) is 28.0. The van der Waals surface area contributed by atoms with Crippen LogP contribution in [0.1, 0.15) is 39.5 Å². The Labute approximate surface area is 399 Å². The Morgan fingerprint density at radius 3 is 1.11 bits per heavy atom. The van der Waals surface area contributed by atoms with Crippen molar-refractivity contribution < 1.29 is 40.0 Å². The Kier molecular flexibility index (Phi) is 28.7. The Hall–Kier alpha value is -0.0849. The van der Waals surface area contributed by atoms with Gasteiger partial charge in [0, 0.05) is 17.7 Å². The Morgan fingerprint density at radius 2 is 0.762 bits per heavy atom. The topological polar surface area (TPSA) is 92.8 Å². The van der Waals surface area contributed by atoms with E-state index in [0.717, 1.165) is 37.1 Å². The maximum absolute atomic E-state index is 11.5. The van der Waals surface area contributed by atoms with E-state index in [9.17, 15) is 9.59 Å². The lowest BCUT2D eigenvalue weighted by molar-refractivity contribution is -0.890. The van der Waals surface area contributed by atoms with Gasteiger partial charge in [-0.2, -0.15) is 0 Å². The number of esters is 2. The minimum absolute atomic E-state index is 0.292. The van der Waals surface area contributed by atoms with Crippen LogP contribution in [0.5, 0.6) is 0 Å². The number of likely N-dealkylation sites (N-methyl/N-ethyl adjacent to an activating group) is 2. The first-order valence-electron chi connectivity index (χ1n) is 24.0. The van der Waals surface area contributed by atoms with Crippen LogP contribution in [0.3, 0.4) is 0 Å². The van der Waals surface area contributed by atoms with E-state index in [1.165, 1.54) is 55.5 Å². The fourth-order valence-electron chi connectivity index (χ4n) is 7.84. The molecule has 374 valence electrons. The zero-order chi connectivity index (χ0) is 49.9. The maximum Gasteiger partial charge on any atom is 0.333 e. The van der Waals surface area contributed by atoms with Gasteiger partial charge in [-0.15, -0.1) is 0 Å². The molecule has 0 aromatic rings. The molecule has 0 unspecified atom stereocenters. The lowest BCUT2D eigenvalue weighted by Crippen LogP contribution is -2.47. The molecule has 0 aromatic carbocycles. The van der Waals surface area contributed by atoms with Gasteiger partial charge in [-0.3, -0.25) is 0 Å². The van der Waals surface area contributed by atoms with Crippen molar-refractivity contribution in [2.45, 2.75) is 194 Å². The van der Waals surface area contributed by atoms with Gasteiger partial charge in [0.05, 0.1) is 20.6 Å². The molecule has 10 nitrogen and oxygen atoms in total. The second kappa shape index (κ2) is 27.8. The van der Waals surface area contributed by atoms with Crippen molar-refractivity contribution in [2.24, 2.45) is 0 Å². The fourth-order valence-corrected chi connectivity index (χ4v) is 47.4. The molecule has 0 aromatic heterocycles. The molecule has 0 heterocycles. The molecule has 0 spiro atoms. The number of quaternary nitrogens is 1. The first-order valence-corrected chi connectivity index (χ1v) is 49.5. The van der Waals surface area contributed by atoms with E-state index in [1.807, 2.05) is 0 Å². The van der Waals surface area contributed by atoms with Gasteiger partial charge in [-0.1, -0.05) is 19.6 Å². The van der Waals surface area contributed by atoms with Crippen LogP contribution in [0.2, 0.25) is 154 Å². The van der Waals surface area contributed by atoms with Gasteiger partial charge >= 0.3 is 11.9 Å². The van der Waals surface area contributed by atoms with E-state index in [4.69, 9.17) is 25.9 Å². The zero-order valence-electron chi connectivity index (χ0n) is 45.9. The van der Waals surface area contributed by atoms with Crippen molar-refractivity contribution in [1.29, 1.82) is 0 Å². The minimum atomic E-state index is -1.69. The van der Waals surface area contributed by atoms with E-state index in [-0.39, 0.29) is 11.9 Å². The number of ether oxygens (including phenoxy) is 2. The first kappa shape index (κ1) is 65.0. The number of unbranched alkanes of at least 4 members (excludes halogenated alkanes) is 2. The number of nitrogens with zero attached hydrogens (tertiary/aromatic N) is 2. The van der Waals surface area contributed by atoms with Gasteiger partial charge in [0.15, 0.2) is 66.5 Å². The maximum atomic E-state index is 11.5. The average molecular weight is 1030 g/mol. The number of carbonyl (C=O) groups excluding carboxylic acids is 2. The largest absolute Gasteiger partial charge is 0.461 e. The van der Waals surface area contributed by atoms with Gasteiger partial charge in [0.25, 0.3) is 0 Å². The van der Waals surface area contributed by atoms with Crippen molar-refractivity contribution in [3.8, 4) is 0 Å². The standard InChI is InChI=1S/C23H54NO4Si4.C22H51NO4Si4/c1-22(2)23(25)26-18-17-24(3,4)16-14-15-19-30(8,9)28-32(12,13)21-20-31(10,11)27-29(5,6)7;1-21(2)22(24)25-17-16-23(3)15-13-14-18-29(7,8)27-31(11,12)20-19-30(9,10)26-28(4,5)6/h1,14-21H2,2-13H3;1,13-20H2,2-12H3/q+1;. The minimum Gasteiger partial charge on any atom is -0.461 e. The van der Waals surface area contributed by atoms with Crippen molar-refractivity contribution in [3.05, 3.63) is 24.3 Å². The monoisotopic (exact) mass is 1030 g/mol. The number of carbonyl (C=O) groups is 2. The van der Waals surface area contributed by atoms with E-state index in [0.29, 0.717) is 24.4 Å². The molecular formula is C45H105N2O8Si8+. The van der Waals surface area contributed by atoms with E-state index >= 15 is 0 Å². The molecule has 63 heavy (non-hydrogen) atoms. The highest BCUT2D eigenvalue weighted by molar-refractivity contribution is 6.89. The number of hydrogen-bond donors (Lipinski definition) is 0. The van der Waals surface area contributed by atoms with Crippen LogP contribution in [0.25, 0.3) is 0 Å². The second-order valence-electron chi connectivity index (χ2n) is 24.6. The Morgan fingerprint density at radius 1 is 0.444 bits per heavy atom. The summed E-state index contributed by atoms with van der Waals surface area (Å²) in [6.07, 6.45) is 4.72. The smallest absolute Gasteiger partial charge is 0.333 e. The number of rotatable bonds is 32. The molecule has 0 aliphatic heterocycles. The molecule has 0 N–H and O–H groups in total. The summed E-state index contributed by atoms with van der Waals surface area (Å²) in [5.74, 6) is -0.594. The molecule has 0 aliphatic carbocycles. The molecule has 0 saturated carbocycles. The summed E-state index contributed by atoms with van der Waals surface area (Å²) in [6.45, 7) is 57.5. The molecular weight excluding hydrogens is 921 g/mol. The van der Waals surface area contributed by atoms with E-state index in [1.54, 1.807) is 13.8 Å². The molecule has 0 amide bonds. The molecule has 0 rings (SSSR count). The van der Waals surface area contributed by atoms with E-state index in [2.05, 4.69) is 157 Å². The number of hydrogen-bond acceptors (Lipinski definition) is 9. The van der Waals surface area contributed by atoms with Gasteiger partial charge in [0.2, 0.25) is 0 Å². The Balaban J connectivity index is 0. The molecule has 0 saturated heterocycles. The highest BCUT2D eigenvalue weighted by Gasteiger charge is 2.38. The van der Waals surface area contributed by atoms with Gasteiger partial charge in [-0.05, 0) is 201 Å². The Bertz CT molecular complexity index is 1390. The lowest BCUT2D eigenvalue weighted by Gasteiger charge is -2.37. The van der Waals surface area contributed by atoms with E-state index < -0.39 is 66.5 Å². The highest BCUT2D eigenvalue weighted by atomic mass is 28.4. The van der Waals surface area contributed by atoms with Crippen molar-refractivity contribution >= 4 is 78.5 Å². The highest BCUT2D eigenvalue weighted by Crippen LogP contribution is 2.30. The van der Waals surface area contributed by atoms with Crippen LogP contribution in [-0.4, -0.2) is 148 Å². The van der Waals surface area contributed by atoms with Crippen LogP contribution < -0.4 is 0 Å². The van der Waals surface area contributed by atoms with Crippen LogP contribution in [-0.2, 0) is 35.5 Å². The third kappa shape index (κ3) is 38.6. The predicted octanol–water partition coefficient (Wildman–Crippen LogP) is 12.7. The fraction of sp³-hybridized carbons (Fsp3) is 0.867. The van der Waals surface area contributed by atoms with Crippen LogP contribution in [0.4, 0.5) is 0 Å². The SMILES string of the molecule is C=C(C)C(=O)OCCN(C)CCCC[Si](C)(C)O[Si](C)(C)CC[Si](C)(C)O[Si](C)(C)C.C=C(C)C(=O)OCC[N+](C)(C)CCCC[Si](C)(C)O[Si](C)(C)CC[Si](C)(C)O[Si](C)(C)C. The summed E-state index contributed by atoms with van der Waals surface area (Å²) in [5.41, 5.74) is 0.916. The molecule has 0 fully saturated rings.